The molecule has 0 N–H and O–H groups in total. The third-order valence-electron chi connectivity index (χ3n) is 26.2. The maximum absolute atomic E-state index is 17.1. The largest absolute Gasteiger partial charge is 0.467 e. The van der Waals surface area contributed by atoms with Gasteiger partial charge in [0.15, 0.2) is 12.1 Å². The van der Waals surface area contributed by atoms with Crippen molar-refractivity contribution in [3.63, 3.8) is 0 Å². The second-order valence-corrected chi connectivity index (χ2v) is 35.2. The highest BCUT2D eigenvalue weighted by Gasteiger charge is 2.50. The minimum atomic E-state index is -1.66. The van der Waals surface area contributed by atoms with E-state index < -0.39 is 47.5 Å². The fourth-order valence-electron chi connectivity index (χ4n) is 19.2. The zero-order chi connectivity index (χ0) is 90.3. The van der Waals surface area contributed by atoms with Crippen LogP contribution < -0.4 is 37.9 Å². The molecule has 134 heavy (non-hydrogen) atoms. The number of ether oxygens (including phenoxy) is 12. The lowest BCUT2D eigenvalue weighted by Crippen LogP contribution is -2.51. The van der Waals surface area contributed by atoms with Gasteiger partial charge in [-0.3, -0.25) is 58.5 Å². The highest BCUT2D eigenvalue weighted by atomic mass is 16.6. The summed E-state index contributed by atoms with van der Waals surface area (Å²) in [6.45, 7) is 2.58. The van der Waals surface area contributed by atoms with Crippen molar-refractivity contribution in [3.05, 3.63) is 288 Å². The summed E-state index contributed by atoms with van der Waals surface area (Å²) in [5.74, 6) is -0.140. The molecule has 4 saturated heterocycles. The molecule has 6 unspecified atom stereocenters. The lowest BCUT2D eigenvalue weighted by Gasteiger charge is -2.38. The van der Waals surface area contributed by atoms with Crippen molar-refractivity contribution in [3.8, 4) is 92.0 Å². The van der Waals surface area contributed by atoms with Crippen molar-refractivity contribution in [1.82, 2.24) is 39.5 Å². The fourth-order valence-corrected chi connectivity index (χ4v) is 19.2. The van der Waals surface area contributed by atoms with E-state index in [1.165, 1.54) is 12.5 Å². The van der Waals surface area contributed by atoms with E-state index in [2.05, 4.69) is 19.9 Å². The number of imide groups is 2. The lowest BCUT2D eigenvalue weighted by molar-refractivity contribution is -0.138. The number of rotatable bonds is 32. The van der Waals surface area contributed by atoms with E-state index in [1.54, 1.807) is 219 Å². The standard InChI is InChI=1S/C106H88N8O20/c1-111(63-11-5-3-6-12-63)105(119)99(85-15-9-41-121-85)113-101(115)81-51-87(131-69-25-17-65(18-26-69)127-73-33-37-107-59(43-73)47-77-55-123-77)93-95-89(133-71-29-21-67(22-30-71)129-75-35-39-109-61(45-75)49-79-57-125-79)53-83-92-84(104(118)114(103(83)117)100(86-16-10-42-122-86)106(120)112(2)64-13-7-4-8-14-64)54-90(134-72-31-23-68(24-32-72)130-76-36-40-110-62(46-76)50-80-58-126-80)96(98(92)95)94-88(52-82(102(113)116)91(81)97(93)94)132-70-27-19-66(20-28-70)128-74-34-38-108-60(44-74)48-78-56-124-78/h9-10,15-46,51-54,63-64,77-80,99-100H,3-8,11-14,47-50,55-58H2,1-2H3. The Labute approximate surface area is 767 Å². The SMILES string of the molecule is CN(C(=O)C(c1ccco1)N1C(=O)c2cc(Oc3ccc(Oc4ccnc(CC5CO5)c4)cc3)c3c4c(Oc5ccc(Oc6ccnc(CC7CO7)c6)cc5)cc5c6c(cc(Oc7ccc(Oc8ccnc(CC9CO9)c8)cc7)c(c7c(Oc8ccc(Oc9ccnc(CC%10CO%10)c9)cc8)cc(c2c37)C1=O)c64)C(=O)N(C(C(=O)N(C)C1CCCCC1)c1ccco1)C5=O)C1CCCCC1. The third-order valence-corrected chi connectivity index (χ3v) is 26.2. The number of epoxide rings is 4. The van der Waals surface area contributed by atoms with Gasteiger partial charge in [0.05, 0.1) is 85.6 Å². The maximum atomic E-state index is 17.1. The first-order valence-corrected chi connectivity index (χ1v) is 45.4. The van der Waals surface area contributed by atoms with Crippen LogP contribution in [0, 0.1) is 0 Å². The average Bonchev–Trinajstić information content (AvgIpc) is 1.13. The molecule has 6 aliphatic heterocycles. The van der Waals surface area contributed by atoms with E-state index in [4.69, 9.17) is 65.7 Å². The van der Waals surface area contributed by atoms with E-state index >= 15 is 28.8 Å². The number of furan rings is 2. The number of carbonyl (C=O) groups excluding carboxylic acids is 6. The Bertz CT molecular complexity index is 6330. The van der Waals surface area contributed by atoms with Gasteiger partial charge in [-0.15, -0.1) is 0 Å². The van der Waals surface area contributed by atoms with Gasteiger partial charge in [-0.05, 0) is 196 Å². The molecule has 672 valence electrons. The Balaban J connectivity index is 0.781. The van der Waals surface area contributed by atoms with Crippen molar-refractivity contribution in [2.75, 3.05) is 40.5 Å². The average molecular weight is 1790 g/mol. The number of carbonyl (C=O) groups is 6. The Morgan fingerprint density at radius 1 is 0.321 bits per heavy atom. The van der Waals surface area contributed by atoms with Crippen LogP contribution >= 0.6 is 0 Å². The number of amides is 6. The van der Waals surface area contributed by atoms with Gasteiger partial charge in [0.2, 0.25) is 0 Å². The predicted molar refractivity (Wildman–Crippen MR) is 488 cm³/mol. The van der Waals surface area contributed by atoms with Gasteiger partial charge in [-0.25, -0.2) is 0 Å². The fraction of sp³-hybridized carbons (Fsp3) is 0.264. The molecule has 6 atom stereocenters. The van der Waals surface area contributed by atoms with Gasteiger partial charge in [0.25, 0.3) is 35.4 Å². The van der Waals surface area contributed by atoms with Crippen LogP contribution in [-0.2, 0) is 54.2 Å². The highest BCUT2D eigenvalue weighted by molar-refractivity contribution is 6.45. The summed E-state index contributed by atoms with van der Waals surface area (Å²) in [5.41, 5.74) is 2.78. The summed E-state index contributed by atoms with van der Waals surface area (Å²) in [4.78, 5) is 124. The van der Waals surface area contributed by atoms with Gasteiger partial charge in [-0.1, -0.05) is 38.5 Å². The number of aromatic nitrogens is 4. The van der Waals surface area contributed by atoms with Gasteiger partial charge in [0, 0.05) is 167 Å². The number of hydrogen-bond acceptors (Lipinski definition) is 24. The molecule has 6 amide bonds. The van der Waals surface area contributed by atoms with E-state index in [9.17, 15) is 0 Å². The first kappa shape index (κ1) is 83.3. The Kier molecular flexibility index (Phi) is 21.7. The molecule has 28 heteroatoms. The van der Waals surface area contributed by atoms with Crippen LogP contribution in [0.15, 0.2) is 240 Å². The topological polar surface area (TPSA) is 317 Å². The van der Waals surface area contributed by atoms with Crippen molar-refractivity contribution in [2.24, 2.45) is 0 Å². The van der Waals surface area contributed by atoms with Gasteiger partial charge in [0.1, 0.15) is 104 Å². The van der Waals surface area contributed by atoms with Crippen LogP contribution in [0.4, 0.5) is 0 Å². The first-order chi connectivity index (χ1) is 65.6. The molecule has 15 aromatic rings. The second kappa shape index (κ2) is 34.9. The minimum absolute atomic E-state index is 0.0257. The van der Waals surface area contributed by atoms with Crippen molar-refractivity contribution in [2.45, 2.75) is 138 Å². The summed E-state index contributed by atoms with van der Waals surface area (Å²) in [6.07, 6.45) is 20.4. The predicted octanol–water partition coefficient (Wildman–Crippen LogP) is 20.9. The molecule has 28 nitrogen and oxygen atoms in total. The summed E-state index contributed by atoms with van der Waals surface area (Å²) in [6, 6.07) is 50.7. The Morgan fingerprint density at radius 2 is 0.567 bits per heavy atom. The molecule has 6 fully saturated rings. The lowest BCUT2D eigenvalue weighted by atomic mass is 9.80. The zero-order valence-electron chi connectivity index (χ0n) is 73.0. The molecule has 8 aliphatic rings. The number of fused-ring (bicyclic) bond motifs is 2. The monoisotopic (exact) mass is 1790 g/mol. The van der Waals surface area contributed by atoms with Crippen molar-refractivity contribution >= 4 is 78.5 Å². The summed E-state index contributed by atoms with van der Waals surface area (Å²) in [5, 5.41) is 1.17. The summed E-state index contributed by atoms with van der Waals surface area (Å²) in [7, 11) is 3.40. The van der Waals surface area contributed by atoms with E-state index in [0.29, 0.717) is 124 Å². The number of hydrogen-bond donors (Lipinski definition) is 0. The van der Waals surface area contributed by atoms with Crippen LogP contribution in [0.2, 0.25) is 0 Å². The zero-order valence-corrected chi connectivity index (χ0v) is 73.0. The molecule has 0 spiro atoms. The number of pyridine rings is 4. The molecule has 2 aliphatic carbocycles. The molecular formula is C106H88N8O20. The molecule has 2 saturated carbocycles. The summed E-state index contributed by atoms with van der Waals surface area (Å²) < 4.78 is 90.7. The maximum Gasteiger partial charge on any atom is 0.262 e. The summed E-state index contributed by atoms with van der Waals surface area (Å²) >= 11 is 0. The quantitative estimate of drug-likeness (QED) is 0.0164. The molecular weight excluding hydrogens is 1710 g/mol. The van der Waals surface area contributed by atoms with Crippen LogP contribution in [0.5, 0.6) is 92.0 Å². The first-order valence-electron chi connectivity index (χ1n) is 45.4. The van der Waals surface area contributed by atoms with Gasteiger partial charge >= 0.3 is 0 Å². The molecule has 23 rings (SSSR count). The van der Waals surface area contributed by atoms with E-state index in [0.717, 1.165) is 71.1 Å². The molecule has 0 radical (unpaired) electrons. The highest BCUT2D eigenvalue weighted by Crippen LogP contribution is 2.59. The normalized spacial score (nSPS) is 18.4. The smallest absolute Gasteiger partial charge is 0.262 e. The Hall–Kier alpha value is -15.1. The van der Waals surface area contributed by atoms with Crippen LogP contribution in [0.3, 0.4) is 0 Å². The molecule has 6 aromatic heterocycles. The van der Waals surface area contributed by atoms with Gasteiger partial charge < -0.3 is 75.5 Å². The second-order valence-electron chi connectivity index (χ2n) is 35.2. The molecule has 0 bridgehead atoms. The number of likely N-dealkylation sites (N-methyl/N-ethyl adjacent to an activating group) is 2. The van der Waals surface area contributed by atoms with Crippen molar-refractivity contribution in [1.29, 1.82) is 0 Å². The number of nitrogens with zero attached hydrogens (tertiary/aromatic N) is 8. The van der Waals surface area contributed by atoms with Crippen LogP contribution in [0.1, 0.15) is 152 Å². The van der Waals surface area contributed by atoms with Crippen LogP contribution in [0.25, 0.3) is 43.1 Å². The Morgan fingerprint density at radius 3 is 0.799 bits per heavy atom. The van der Waals surface area contributed by atoms with E-state index in [1.807, 2.05) is 24.3 Å². The minimum Gasteiger partial charge on any atom is -0.467 e. The molecule has 9 aromatic carbocycles. The van der Waals surface area contributed by atoms with Crippen molar-refractivity contribution < 1.29 is 94.4 Å². The van der Waals surface area contributed by atoms with Gasteiger partial charge in [-0.2, -0.15) is 0 Å². The molecule has 12 heterocycles. The van der Waals surface area contributed by atoms with E-state index in [-0.39, 0.29) is 159 Å². The third kappa shape index (κ3) is 16.7. The number of benzene rings is 9. The van der Waals surface area contributed by atoms with Crippen LogP contribution in [-0.4, -0.2) is 152 Å².